The van der Waals surface area contributed by atoms with E-state index in [-0.39, 0.29) is 6.42 Å². The molecule has 2 fully saturated rings. The van der Waals surface area contributed by atoms with Crippen molar-refractivity contribution in [3.8, 4) is 28.7 Å². The van der Waals surface area contributed by atoms with Crippen LogP contribution in [0.5, 0.6) is 11.5 Å². The molecule has 0 aromatic heterocycles. The van der Waals surface area contributed by atoms with Crippen LogP contribution in [0.25, 0.3) is 16.7 Å². The third kappa shape index (κ3) is 6.61. The Labute approximate surface area is 230 Å². The maximum absolute atomic E-state index is 11.1. The number of nitriles is 1. The molecule has 0 bridgehead atoms. The van der Waals surface area contributed by atoms with Gasteiger partial charge in [0.25, 0.3) is 0 Å². The number of benzene rings is 3. The Morgan fingerprint density at radius 2 is 1.79 bits per heavy atom. The minimum Gasteiger partial charge on any atom is -0.497 e. The summed E-state index contributed by atoms with van der Waals surface area (Å²) in [4.78, 5) is 13.5. The van der Waals surface area contributed by atoms with Gasteiger partial charge in [0.15, 0.2) is 0 Å². The van der Waals surface area contributed by atoms with Gasteiger partial charge in [-0.25, -0.2) is 0 Å². The van der Waals surface area contributed by atoms with E-state index < -0.39 is 5.97 Å². The molecule has 1 saturated heterocycles. The molecule has 6 nitrogen and oxygen atoms in total. The van der Waals surface area contributed by atoms with E-state index in [9.17, 15) is 4.79 Å². The molecule has 1 N–H and O–H groups in total. The van der Waals surface area contributed by atoms with Crippen LogP contribution in [-0.2, 0) is 4.79 Å². The van der Waals surface area contributed by atoms with Gasteiger partial charge in [0.1, 0.15) is 11.5 Å². The van der Waals surface area contributed by atoms with Crippen molar-refractivity contribution in [2.75, 3.05) is 31.7 Å². The molecule has 1 aliphatic carbocycles. The van der Waals surface area contributed by atoms with Crippen LogP contribution in [0.3, 0.4) is 0 Å². The lowest BCUT2D eigenvalue weighted by Crippen LogP contribution is -2.35. The Morgan fingerprint density at radius 3 is 2.46 bits per heavy atom. The maximum atomic E-state index is 11.1. The monoisotopic (exact) mass is 522 g/mol. The highest BCUT2D eigenvalue weighted by molar-refractivity contribution is 5.80. The molecule has 6 heteroatoms. The lowest BCUT2D eigenvalue weighted by Gasteiger charge is -2.35. The first kappa shape index (κ1) is 26.4. The summed E-state index contributed by atoms with van der Waals surface area (Å²) in [6.07, 6.45) is 6.20. The number of piperidine rings is 1. The SMILES string of the molecule is COc1ccc(-c2ccc(C#N)cc2)c(N2CCC(COc3cccc(/C(=C/CC(=O)O)C4CC4)c3)CC2)c1. The van der Waals surface area contributed by atoms with Gasteiger partial charge in [0.2, 0.25) is 0 Å². The van der Waals surface area contributed by atoms with E-state index in [1.807, 2.05) is 48.5 Å². The van der Waals surface area contributed by atoms with Crippen molar-refractivity contribution in [3.63, 3.8) is 0 Å². The van der Waals surface area contributed by atoms with Gasteiger partial charge in [0.05, 0.1) is 31.8 Å². The predicted molar refractivity (Wildman–Crippen MR) is 153 cm³/mol. The number of aliphatic carboxylic acids is 1. The number of methoxy groups -OCH3 is 1. The molecule has 1 heterocycles. The van der Waals surface area contributed by atoms with Crippen molar-refractivity contribution < 1.29 is 19.4 Å². The van der Waals surface area contributed by atoms with E-state index in [0.717, 1.165) is 78.2 Å². The average Bonchev–Trinajstić information content (AvgIpc) is 3.82. The van der Waals surface area contributed by atoms with Crippen LogP contribution in [0, 0.1) is 23.2 Å². The Bertz CT molecular complexity index is 1380. The van der Waals surface area contributed by atoms with Crippen molar-refractivity contribution in [1.82, 2.24) is 0 Å². The number of nitrogens with zero attached hydrogens (tertiary/aromatic N) is 2. The second-order valence-electron chi connectivity index (χ2n) is 10.4. The van der Waals surface area contributed by atoms with Gasteiger partial charge < -0.3 is 19.5 Å². The zero-order chi connectivity index (χ0) is 27.2. The summed E-state index contributed by atoms with van der Waals surface area (Å²) in [5, 5.41) is 18.3. The fourth-order valence-corrected chi connectivity index (χ4v) is 5.30. The molecule has 200 valence electrons. The van der Waals surface area contributed by atoms with Crippen LogP contribution >= 0.6 is 0 Å². The quantitative estimate of drug-likeness (QED) is 0.315. The van der Waals surface area contributed by atoms with Crippen LogP contribution in [0.1, 0.15) is 43.2 Å². The fraction of sp³-hybridized carbons (Fsp3) is 0.333. The van der Waals surface area contributed by atoms with Gasteiger partial charge in [-0.15, -0.1) is 0 Å². The molecule has 3 aromatic rings. The van der Waals surface area contributed by atoms with Crippen molar-refractivity contribution in [2.45, 2.75) is 32.1 Å². The van der Waals surface area contributed by atoms with Crippen LogP contribution in [-0.4, -0.2) is 37.9 Å². The van der Waals surface area contributed by atoms with Gasteiger partial charge in [-0.2, -0.15) is 5.26 Å². The lowest BCUT2D eigenvalue weighted by atomic mass is 9.95. The number of hydrogen-bond donors (Lipinski definition) is 1. The summed E-state index contributed by atoms with van der Waals surface area (Å²) in [5.74, 6) is 1.79. The maximum Gasteiger partial charge on any atom is 0.307 e. The molecule has 0 unspecified atom stereocenters. The summed E-state index contributed by atoms with van der Waals surface area (Å²) in [7, 11) is 1.69. The Morgan fingerprint density at radius 1 is 1.03 bits per heavy atom. The normalized spacial score (nSPS) is 16.0. The fourth-order valence-electron chi connectivity index (χ4n) is 5.30. The van der Waals surface area contributed by atoms with Gasteiger partial charge in [0, 0.05) is 30.4 Å². The first-order valence-corrected chi connectivity index (χ1v) is 13.6. The molecule has 3 aromatic carbocycles. The molecule has 0 spiro atoms. The molecule has 5 rings (SSSR count). The first-order chi connectivity index (χ1) is 19.0. The summed E-state index contributed by atoms with van der Waals surface area (Å²) in [5.41, 5.74) is 6.22. The molecule has 0 atom stereocenters. The summed E-state index contributed by atoms with van der Waals surface area (Å²) < 4.78 is 11.8. The van der Waals surface area contributed by atoms with Crippen LogP contribution in [0.2, 0.25) is 0 Å². The van der Waals surface area contributed by atoms with Crippen molar-refractivity contribution in [1.29, 1.82) is 5.26 Å². The smallest absolute Gasteiger partial charge is 0.307 e. The summed E-state index contributed by atoms with van der Waals surface area (Å²) in [6, 6.07) is 24.2. The van der Waals surface area contributed by atoms with Crippen molar-refractivity contribution >= 4 is 17.2 Å². The summed E-state index contributed by atoms with van der Waals surface area (Å²) in [6.45, 7) is 2.51. The van der Waals surface area contributed by atoms with Crippen LogP contribution in [0.15, 0.2) is 72.8 Å². The second kappa shape index (κ2) is 12.1. The number of carbonyl (C=O) groups is 1. The molecule has 1 aliphatic heterocycles. The van der Waals surface area contributed by atoms with Gasteiger partial charge in [-0.05, 0) is 90.6 Å². The van der Waals surface area contributed by atoms with E-state index in [2.05, 4.69) is 35.2 Å². The lowest BCUT2D eigenvalue weighted by molar-refractivity contribution is -0.136. The standard InChI is InChI=1S/C33H34N2O4/c1-38-28-11-12-31(26-7-5-23(21-34)6-8-26)32(20-28)35-17-15-24(16-18-35)22-39-29-4-2-3-27(19-29)30(25-9-10-25)13-14-33(36)37/h2-8,11-13,19-20,24-25H,9-10,14-18,22H2,1H3,(H,36,37)/b30-13+. The number of allylic oxidation sites excluding steroid dienone is 1. The number of carboxylic acid groups (broad SMARTS) is 1. The minimum absolute atomic E-state index is 0.0513. The van der Waals surface area contributed by atoms with E-state index in [0.29, 0.717) is 24.0 Å². The minimum atomic E-state index is -0.801. The molecule has 0 amide bonds. The van der Waals surface area contributed by atoms with E-state index in [1.54, 1.807) is 7.11 Å². The molecular formula is C33H34N2O4. The molecule has 1 saturated carbocycles. The third-order valence-electron chi connectivity index (χ3n) is 7.65. The van der Waals surface area contributed by atoms with Gasteiger partial charge in [-0.1, -0.05) is 30.3 Å². The number of anilines is 1. The van der Waals surface area contributed by atoms with Crippen molar-refractivity contribution in [2.24, 2.45) is 11.8 Å². The third-order valence-corrected chi connectivity index (χ3v) is 7.65. The largest absolute Gasteiger partial charge is 0.497 e. The summed E-state index contributed by atoms with van der Waals surface area (Å²) >= 11 is 0. The second-order valence-corrected chi connectivity index (χ2v) is 10.4. The molecule has 2 aliphatic rings. The highest BCUT2D eigenvalue weighted by Gasteiger charge is 2.27. The Kier molecular flexibility index (Phi) is 8.17. The van der Waals surface area contributed by atoms with Crippen LogP contribution in [0.4, 0.5) is 5.69 Å². The number of rotatable bonds is 10. The highest BCUT2D eigenvalue weighted by atomic mass is 16.5. The van der Waals surface area contributed by atoms with Crippen LogP contribution < -0.4 is 14.4 Å². The zero-order valence-corrected chi connectivity index (χ0v) is 22.3. The van der Waals surface area contributed by atoms with Crippen molar-refractivity contribution in [3.05, 3.63) is 83.9 Å². The predicted octanol–water partition coefficient (Wildman–Crippen LogP) is 6.80. The molecule has 39 heavy (non-hydrogen) atoms. The Balaban J connectivity index is 1.22. The first-order valence-electron chi connectivity index (χ1n) is 13.6. The van der Waals surface area contributed by atoms with Gasteiger partial charge in [-0.3, -0.25) is 4.79 Å². The van der Waals surface area contributed by atoms with Gasteiger partial charge >= 0.3 is 5.97 Å². The van der Waals surface area contributed by atoms with E-state index >= 15 is 0 Å². The molecular weight excluding hydrogens is 488 g/mol. The average molecular weight is 523 g/mol. The zero-order valence-electron chi connectivity index (χ0n) is 22.3. The van der Waals surface area contributed by atoms with E-state index in [4.69, 9.17) is 19.8 Å². The number of ether oxygens (including phenoxy) is 2. The topological polar surface area (TPSA) is 82.8 Å². The highest BCUT2D eigenvalue weighted by Crippen LogP contribution is 2.43. The number of carboxylic acids is 1. The molecule has 0 radical (unpaired) electrons. The Hall–Kier alpha value is -4.24. The van der Waals surface area contributed by atoms with E-state index in [1.165, 1.54) is 0 Å². The number of hydrogen-bond acceptors (Lipinski definition) is 5.